The SMILES string of the molecule is CN=C(NCCOCc1ccccc1)NCc1ccn(C)c1.I. The first-order chi connectivity index (χ1) is 10.8. The van der Waals surface area contributed by atoms with Crippen LogP contribution in [0.15, 0.2) is 53.8 Å². The molecule has 0 saturated carbocycles. The molecule has 0 amide bonds. The molecule has 23 heavy (non-hydrogen) atoms. The largest absolute Gasteiger partial charge is 0.375 e. The minimum Gasteiger partial charge on any atom is -0.375 e. The molecule has 0 aliphatic rings. The lowest BCUT2D eigenvalue weighted by Gasteiger charge is -2.11. The molecule has 0 aliphatic heterocycles. The van der Waals surface area contributed by atoms with Crippen LogP contribution in [0.3, 0.4) is 0 Å². The number of halogens is 1. The van der Waals surface area contributed by atoms with Gasteiger partial charge in [0, 0.05) is 39.6 Å². The molecule has 1 heterocycles. The Morgan fingerprint density at radius 3 is 2.57 bits per heavy atom. The van der Waals surface area contributed by atoms with E-state index in [0.717, 1.165) is 19.0 Å². The number of ether oxygens (including phenoxy) is 1. The zero-order valence-corrected chi connectivity index (χ0v) is 16.0. The molecule has 2 aromatic rings. The minimum absolute atomic E-state index is 0. The van der Waals surface area contributed by atoms with Gasteiger partial charge in [-0.1, -0.05) is 30.3 Å². The van der Waals surface area contributed by atoms with Gasteiger partial charge < -0.3 is 19.9 Å². The monoisotopic (exact) mass is 428 g/mol. The average Bonchev–Trinajstić information content (AvgIpc) is 2.96. The van der Waals surface area contributed by atoms with Crippen LogP contribution >= 0.6 is 24.0 Å². The number of nitrogens with zero attached hydrogens (tertiary/aromatic N) is 2. The number of guanidine groups is 1. The summed E-state index contributed by atoms with van der Waals surface area (Å²) in [4.78, 5) is 4.20. The smallest absolute Gasteiger partial charge is 0.191 e. The lowest BCUT2D eigenvalue weighted by atomic mass is 10.2. The molecular formula is C17H25IN4O. The Morgan fingerprint density at radius 2 is 1.91 bits per heavy atom. The van der Waals surface area contributed by atoms with Crippen molar-refractivity contribution in [2.75, 3.05) is 20.2 Å². The molecule has 0 fully saturated rings. The number of aryl methyl sites for hydroxylation is 1. The topological polar surface area (TPSA) is 50.6 Å². The molecule has 2 N–H and O–H groups in total. The molecule has 6 heteroatoms. The third-order valence-electron chi connectivity index (χ3n) is 3.23. The zero-order chi connectivity index (χ0) is 15.6. The second-order valence-corrected chi connectivity index (χ2v) is 5.08. The number of hydrogen-bond acceptors (Lipinski definition) is 2. The van der Waals surface area contributed by atoms with Crippen molar-refractivity contribution in [2.24, 2.45) is 12.0 Å². The van der Waals surface area contributed by atoms with E-state index in [4.69, 9.17) is 4.74 Å². The van der Waals surface area contributed by atoms with Gasteiger partial charge in [0.1, 0.15) is 0 Å². The fraction of sp³-hybridized carbons (Fsp3) is 0.353. The highest BCUT2D eigenvalue weighted by atomic mass is 127. The van der Waals surface area contributed by atoms with E-state index in [-0.39, 0.29) is 24.0 Å². The number of aliphatic imine (C=N–C) groups is 1. The first-order valence-electron chi connectivity index (χ1n) is 7.45. The highest BCUT2D eigenvalue weighted by molar-refractivity contribution is 14.0. The van der Waals surface area contributed by atoms with Crippen molar-refractivity contribution in [3.63, 3.8) is 0 Å². The Balaban J connectivity index is 0.00000264. The van der Waals surface area contributed by atoms with Gasteiger partial charge in [0.15, 0.2) is 5.96 Å². The van der Waals surface area contributed by atoms with E-state index in [9.17, 15) is 0 Å². The molecule has 0 bridgehead atoms. The normalized spacial score (nSPS) is 11.0. The van der Waals surface area contributed by atoms with Crippen molar-refractivity contribution in [3.8, 4) is 0 Å². The van der Waals surface area contributed by atoms with Gasteiger partial charge in [-0.25, -0.2) is 0 Å². The number of aromatic nitrogens is 1. The third-order valence-corrected chi connectivity index (χ3v) is 3.23. The van der Waals surface area contributed by atoms with Gasteiger partial charge in [-0.15, -0.1) is 24.0 Å². The van der Waals surface area contributed by atoms with Crippen LogP contribution in [0, 0.1) is 0 Å². The van der Waals surface area contributed by atoms with Crippen molar-refractivity contribution in [1.29, 1.82) is 0 Å². The van der Waals surface area contributed by atoms with Gasteiger partial charge in [-0.3, -0.25) is 4.99 Å². The Labute approximate surface area is 155 Å². The summed E-state index contributed by atoms with van der Waals surface area (Å²) in [5.74, 6) is 0.784. The Bertz CT molecular complexity index is 583. The molecule has 126 valence electrons. The predicted molar refractivity (Wildman–Crippen MR) is 105 cm³/mol. The van der Waals surface area contributed by atoms with Crippen molar-refractivity contribution >= 4 is 29.9 Å². The molecule has 0 saturated heterocycles. The average molecular weight is 428 g/mol. The van der Waals surface area contributed by atoms with Crippen LogP contribution in [0.4, 0.5) is 0 Å². The first-order valence-corrected chi connectivity index (χ1v) is 7.45. The number of rotatable bonds is 7. The van der Waals surface area contributed by atoms with Gasteiger partial charge >= 0.3 is 0 Å². The molecule has 1 aromatic carbocycles. The second-order valence-electron chi connectivity index (χ2n) is 5.08. The summed E-state index contributed by atoms with van der Waals surface area (Å²) in [5.41, 5.74) is 2.42. The van der Waals surface area contributed by atoms with Crippen LogP contribution in [0.25, 0.3) is 0 Å². The quantitative estimate of drug-likeness (QED) is 0.309. The Hall–Kier alpha value is -1.54. The van der Waals surface area contributed by atoms with Gasteiger partial charge in [-0.05, 0) is 17.2 Å². The summed E-state index contributed by atoms with van der Waals surface area (Å²) >= 11 is 0. The van der Waals surface area contributed by atoms with Crippen LogP contribution in [-0.4, -0.2) is 30.7 Å². The van der Waals surface area contributed by atoms with E-state index in [1.54, 1.807) is 7.05 Å². The van der Waals surface area contributed by atoms with E-state index in [2.05, 4.69) is 40.0 Å². The van der Waals surface area contributed by atoms with Crippen LogP contribution in [-0.2, 0) is 24.9 Å². The van der Waals surface area contributed by atoms with E-state index in [1.807, 2.05) is 36.0 Å². The molecule has 2 rings (SSSR count). The molecule has 0 spiro atoms. The number of benzene rings is 1. The summed E-state index contributed by atoms with van der Waals surface area (Å²) in [6, 6.07) is 12.3. The van der Waals surface area contributed by atoms with E-state index < -0.39 is 0 Å². The maximum absolute atomic E-state index is 5.63. The van der Waals surface area contributed by atoms with Gasteiger partial charge in [0.25, 0.3) is 0 Å². The van der Waals surface area contributed by atoms with Crippen molar-refractivity contribution in [3.05, 3.63) is 59.9 Å². The molecule has 0 radical (unpaired) electrons. The van der Waals surface area contributed by atoms with Crippen molar-refractivity contribution in [1.82, 2.24) is 15.2 Å². The molecule has 0 atom stereocenters. The van der Waals surface area contributed by atoms with Crippen molar-refractivity contribution in [2.45, 2.75) is 13.2 Å². The molecule has 5 nitrogen and oxygen atoms in total. The first kappa shape index (κ1) is 19.5. The zero-order valence-electron chi connectivity index (χ0n) is 13.7. The highest BCUT2D eigenvalue weighted by Crippen LogP contribution is 2.00. The fourth-order valence-electron chi connectivity index (χ4n) is 2.08. The maximum atomic E-state index is 5.63. The Kier molecular flexibility index (Phi) is 9.39. The summed E-state index contributed by atoms with van der Waals surface area (Å²) in [5, 5.41) is 6.52. The summed E-state index contributed by atoms with van der Waals surface area (Å²) in [7, 11) is 3.78. The predicted octanol–water partition coefficient (Wildman–Crippen LogP) is 2.52. The third kappa shape index (κ3) is 7.51. The fourth-order valence-corrected chi connectivity index (χ4v) is 2.08. The lowest BCUT2D eigenvalue weighted by Crippen LogP contribution is -2.38. The standard InChI is InChI=1S/C17H24N4O.HI/c1-18-17(20-12-16-8-10-21(2)13-16)19-9-11-22-14-15-6-4-3-5-7-15;/h3-8,10,13H,9,11-12,14H2,1-2H3,(H2,18,19,20);1H. The molecule has 0 aliphatic carbocycles. The lowest BCUT2D eigenvalue weighted by molar-refractivity contribution is 0.125. The van der Waals surface area contributed by atoms with Gasteiger partial charge in [0.2, 0.25) is 0 Å². The van der Waals surface area contributed by atoms with Crippen LogP contribution in [0.5, 0.6) is 0 Å². The summed E-state index contributed by atoms with van der Waals surface area (Å²) in [6.45, 7) is 2.76. The molecule has 1 aromatic heterocycles. The van der Waals surface area contributed by atoms with E-state index in [0.29, 0.717) is 13.2 Å². The van der Waals surface area contributed by atoms with Crippen LogP contribution in [0.1, 0.15) is 11.1 Å². The van der Waals surface area contributed by atoms with Crippen LogP contribution in [0.2, 0.25) is 0 Å². The summed E-state index contributed by atoms with van der Waals surface area (Å²) in [6.07, 6.45) is 4.12. The molecular weight excluding hydrogens is 403 g/mol. The van der Waals surface area contributed by atoms with Crippen molar-refractivity contribution < 1.29 is 4.74 Å². The highest BCUT2D eigenvalue weighted by Gasteiger charge is 1.99. The van der Waals surface area contributed by atoms with Crippen LogP contribution < -0.4 is 10.6 Å². The summed E-state index contributed by atoms with van der Waals surface area (Å²) < 4.78 is 7.66. The second kappa shape index (κ2) is 11.1. The van der Waals surface area contributed by atoms with Gasteiger partial charge in [-0.2, -0.15) is 0 Å². The number of hydrogen-bond donors (Lipinski definition) is 2. The molecule has 0 unspecified atom stereocenters. The van der Waals surface area contributed by atoms with Gasteiger partial charge in [0.05, 0.1) is 13.2 Å². The van der Waals surface area contributed by atoms with E-state index >= 15 is 0 Å². The minimum atomic E-state index is 0. The number of nitrogens with one attached hydrogen (secondary N) is 2. The Morgan fingerprint density at radius 1 is 1.13 bits per heavy atom. The maximum Gasteiger partial charge on any atom is 0.191 e. The van der Waals surface area contributed by atoms with E-state index in [1.165, 1.54) is 11.1 Å².